The van der Waals surface area contributed by atoms with Crippen molar-refractivity contribution in [2.24, 2.45) is 5.92 Å². The number of quaternary nitrogens is 1. The summed E-state index contributed by atoms with van der Waals surface area (Å²) in [5.74, 6) is -1.07. The number of piperidine rings is 1. The van der Waals surface area contributed by atoms with Gasteiger partial charge in [-0.3, -0.25) is 9.59 Å². The highest BCUT2D eigenvalue weighted by atomic mass is 19.4. The van der Waals surface area contributed by atoms with Crippen molar-refractivity contribution in [3.05, 3.63) is 24.3 Å². The van der Waals surface area contributed by atoms with Crippen molar-refractivity contribution >= 4 is 17.6 Å². The molecule has 1 aliphatic heterocycles. The minimum Gasteiger partial charge on any atom is -0.466 e. The zero-order valence-corrected chi connectivity index (χ0v) is 15.3. The Kier molecular flexibility index (Phi) is 7.06. The van der Waals surface area contributed by atoms with Crippen LogP contribution >= 0.6 is 0 Å². The third kappa shape index (κ3) is 6.42. The lowest BCUT2D eigenvalue weighted by Gasteiger charge is -2.32. The zero-order valence-electron chi connectivity index (χ0n) is 15.3. The molecule has 1 aromatic rings. The molecule has 1 heterocycles. The largest absolute Gasteiger partial charge is 0.573 e. The Bertz CT molecular complexity index is 649. The van der Waals surface area contributed by atoms with Crippen LogP contribution in [0.4, 0.5) is 18.9 Å². The smallest absolute Gasteiger partial charge is 0.466 e. The fourth-order valence-corrected chi connectivity index (χ4v) is 3.13. The monoisotopic (exact) mass is 389 g/mol. The number of esters is 1. The van der Waals surface area contributed by atoms with Crippen molar-refractivity contribution in [3.8, 4) is 5.75 Å². The molecule has 1 amide bonds. The molecule has 2 N–H and O–H groups in total. The number of likely N-dealkylation sites (tertiary alicyclic amines) is 1. The number of benzene rings is 1. The number of hydrogen-bond donors (Lipinski definition) is 2. The topological polar surface area (TPSA) is 69.1 Å². The van der Waals surface area contributed by atoms with Crippen LogP contribution in [0.25, 0.3) is 0 Å². The summed E-state index contributed by atoms with van der Waals surface area (Å²) in [5.41, 5.74) is 0.375. The SMILES string of the molecule is CCOC(=O)[C@@H]1CCC[NH+]([C@@H](C)C(=O)Nc2ccc(OC(F)(F)F)cc2)C1. The maximum Gasteiger partial charge on any atom is 0.573 e. The van der Waals surface area contributed by atoms with Crippen LogP contribution in [0.2, 0.25) is 0 Å². The second-order valence-corrected chi connectivity index (χ2v) is 6.49. The lowest BCUT2D eigenvalue weighted by atomic mass is 9.97. The average Bonchev–Trinajstić information content (AvgIpc) is 2.62. The number of nitrogens with one attached hydrogen (secondary N) is 2. The molecule has 0 aromatic heterocycles. The molecule has 1 fully saturated rings. The van der Waals surface area contributed by atoms with E-state index < -0.39 is 12.4 Å². The Morgan fingerprint density at radius 2 is 1.96 bits per heavy atom. The maximum atomic E-state index is 12.5. The number of ether oxygens (including phenoxy) is 2. The lowest BCUT2D eigenvalue weighted by Crippen LogP contribution is -3.18. The van der Waals surface area contributed by atoms with Gasteiger partial charge in [0.25, 0.3) is 5.91 Å². The van der Waals surface area contributed by atoms with E-state index in [4.69, 9.17) is 4.74 Å². The number of anilines is 1. The normalized spacial score (nSPS) is 21.2. The quantitative estimate of drug-likeness (QED) is 0.728. The number of halogens is 3. The van der Waals surface area contributed by atoms with E-state index in [-0.39, 0.29) is 23.5 Å². The summed E-state index contributed by atoms with van der Waals surface area (Å²) in [5, 5.41) is 2.69. The van der Waals surface area contributed by atoms with Gasteiger partial charge >= 0.3 is 12.3 Å². The standard InChI is InChI=1S/C18H23F3N2O4/c1-3-26-17(25)13-5-4-10-23(11-13)12(2)16(24)22-14-6-8-15(9-7-14)27-18(19,20)21/h6-9,12-13H,3-5,10-11H2,1-2H3,(H,22,24)/p+1/t12-,13+/m0/s1. The van der Waals surface area contributed by atoms with Crippen molar-refractivity contribution in [1.82, 2.24) is 0 Å². The van der Waals surface area contributed by atoms with Gasteiger partial charge in [0.1, 0.15) is 11.7 Å². The second kappa shape index (κ2) is 9.07. The molecule has 0 bridgehead atoms. The Hall–Kier alpha value is -2.29. The molecule has 0 aliphatic carbocycles. The van der Waals surface area contributed by atoms with Crippen LogP contribution in [0.1, 0.15) is 26.7 Å². The molecule has 2 rings (SSSR count). The summed E-state index contributed by atoms with van der Waals surface area (Å²) in [6.45, 7) is 5.13. The van der Waals surface area contributed by atoms with Crippen molar-refractivity contribution in [3.63, 3.8) is 0 Å². The number of amides is 1. The van der Waals surface area contributed by atoms with Gasteiger partial charge in [-0.15, -0.1) is 13.2 Å². The molecule has 1 saturated heterocycles. The zero-order chi connectivity index (χ0) is 20.0. The predicted molar refractivity (Wildman–Crippen MR) is 91.3 cm³/mol. The van der Waals surface area contributed by atoms with E-state index in [1.807, 2.05) is 0 Å². The summed E-state index contributed by atoms with van der Waals surface area (Å²) < 4.78 is 45.4. The van der Waals surface area contributed by atoms with Crippen LogP contribution in [0.3, 0.4) is 0 Å². The fourth-order valence-electron chi connectivity index (χ4n) is 3.13. The summed E-state index contributed by atoms with van der Waals surface area (Å²) in [6.07, 6.45) is -3.19. The molecule has 1 unspecified atom stereocenters. The molecule has 27 heavy (non-hydrogen) atoms. The molecule has 3 atom stereocenters. The third-order valence-electron chi connectivity index (χ3n) is 4.54. The van der Waals surface area contributed by atoms with Crippen molar-refractivity contribution in [1.29, 1.82) is 0 Å². The van der Waals surface area contributed by atoms with Crippen molar-refractivity contribution in [2.75, 3.05) is 25.0 Å². The summed E-state index contributed by atoms with van der Waals surface area (Å²) in [4.78, 5) is 25.4. The van der Waals surface area contributed by atoms with E-state index in [2.05, 4.69) is 10.1 Å². The minimum absolute atomic E-state index is 0.220. The van der Waals surface area contributed by atoms with E-state index in [1.54, 1.807) is 13.8 Å². The Balaban J connectivity index is 1.92. The molecular formula is C18H24F3N2O4+. The maximum absolute atomic E-state index is 12.5. The number of rotatable bonds is 6. The van der Waals surface area contributed by atoms with Crippen molar-refractivity contribution < 1.29 is 37.1 Å². The third-order valence-corrected chi connectivity index (χ3v) is 4.54. The van der Waals surface area contributed by atoms with Crippen LogP contribution < -0.4 is 15.0 Å². The van der Waals surface area contributed by atoms with E-state index in [0.717, 1.165) is 36.4 Å². The number of carbonyl (C=O) groups is 2. The number of hydrogen-bond acceptors (Lipinski definition) is 4. The second-order valence-electron chi connectivity index (χ2n) is 6.49. The minimum atomic E-state index is -4.76. The lowest BCUT2D eigenvalue weighted by molar-refractivity contribution is -0.921. The number of alkyl halides is 3. The van der Waals surface area contributed by atoms with Gasteiger partial charge in [-0.2, -0.15) is 0 Å². The number of carbonyl (C=O) groups excluding carboxylic acids is 2. The highest BCUT2D eigenvalue weighted by Crippen LogP contribution is 2.24. The fraction of sp³-hybridized carbons (Fsp3) is 0.556. The van der Waals surface area contributed by atoms with Gasteiger partial charge in [0.05, 0.1) is 19.7 Å². The van der Waals surface area contributed by atoms with Gasteiger partial charge in [-0.1, -0.05) is 0 Å². The first-order chi connectivity index (χ1) is 12.7. The molecule has 150 valence electrons. The summed E-state index contributed by atoms with van der Waals surface area (Å²) >= 11 is 0. The van der Waals surface area contributed by atoms with Gasteiger partial charge in [0.15, 0.2) is 6.04 Å². The van der Waals surface area contributed by atoms with E-state index in [1.165, 1.54) is 12.1 Å². The highest BCUT2D eigenvalue weighted by Gasteiger charge is 2.35. The van der Waals surface area contributed by atoms with E-state index in [9.17, 15) is 22.8 Å². The Labute approximate surface area is 155 Å². The van der Waals surface area contributed by atoms with E-state index >= 15 is 0 Å². The Morgan fingerprint density at radius 3 is 2.56 bits per heavy atom. The van der Waals surface area contributed by atoms with Gasteiger partial charge in [-0.05, 0) is 51.0 Å². The highest BCUT2D eigenvalue weighted by molar-refractivity contribution is 5.93. The van der Waals surface area contributed by atoms with Crippen LogP contribution in [0, 0.1) is 5.92 Å². The van der Waals surface area contributed by atoms with Gasteiger partial charge < -0.3 is 19.7 Å². The molecular weight excluding hydrogens is 365 g/mol. The Morgan fingerprint density at radius 1 is 1.30 bits per heavy atom. The molecule has 0 spiro atoms. The van der Waals surface area contributed by atoms with Gasteiger partial charge in [-0.25, -0.2) is 0 Å². The first kappa shape index (κ1) is 21.0. The molecule has 9 heteroatoms. The van der Waals surface area contributed by atoms with Crippen LogP contribution in [0.5, 0.6) is 5.75 Å². The van der Waals surface area contributed by atoms with Gasteiger partial charge in [0, 0.05) is 5.69 Å². The molecule has 1 aromatic carbocycles. The van der Waals surface area contributed by atoms with Crippen LogP contribution in [-0.2, 0) is 14.3 Å². The van der Waals surface area contributed by atoms with E-state index in [0.29, 0.717) is 18.8 Å². The van der Waals surface area contributed by atoms with Crippen LogP contribution in [-0.4, -0.2) is 44.0 Å². The molecule has 0 radical (unpaired) electrons. The molecule has 6 nitrogen and oxygen atoms in total. The first-order valence-corrected chi connectivity index (χ1v) is 8.87. The van der Waals surface area contributed by atoms with Gasteiger partial charge in [0.2, 0.25) is 0 Å². The predicted octanol–water partition coefficient (Wildman–Crippen LogP) is 1.77. The van der Waals surface area contributed by atoms with Crippen molar-refractivity contribution in [2.45, 2.75) is 39.1 Å². The summed E-state index contributed by atoms with van der Waals surface area (Å²) in [7, 11) is 0. The average molecular weight is 389 g/mol. The first-order valence-electron chi connectivity index (χ1n) is 8.87. The summed E-state index contributed by atoms with van der Waals surface area (Å²) in [6, 6.07) is 4.56. The van der Waals surface area contributed by atoms with Crippen LogP contribution in [0.15, 0.2) is 24.3 Å². The molecule has 0 saturated carbocycles. The molecule has 1 aliphatic rings.